The molecule has 1 aliphatic rings. The molecule has 0 spiro atoms. The van der Waals surface area contributed by atoms with E-state index >= 15 is 0 Å². The van der Waals surface area contributed by atoms with Gasteiger partial charge in [-0.1, -0.05) is 19.4 Å². The number of anilines is 1. The molecule has 1 atom stereocenters. The molecule has 0 saturated heterocycles. The second-order valence-corrected chi connectivity index (χ2v) is 8.76. The number of aliphatic carboxylic acids is 1. The summed E-state index contributed by atoms with van der Waals surface area (Å²) >= 11 is 0. The normalized spacial score (nSPS) is 15.8. The van der Waals surface area contributed by atoms with Crippen LogP contribution in [0.2, 0.25) is 0 Å². The largest absolute Gasteiger partial charge is 0.488 e. The minimum Gasteiger partial charge on any atom is -0.488 e. The number of carbonyl (C=O) groups is 1. The number of aromatic nitrogens is 1. The van der Waals surface area contributed by atoms with Crippen LogP contribution < -0.4 is 10.5 Å². The number of nitrogens with zero attached hydrogens (tertiary/aromatic N) is 1. The monoisotopic (exact) mass is 420 g/mol. The van der Waals surface area contributed by atoms with E-state index in [4.69, 9.17) is 10.5 Å². The zero-order chi connectivity index (χ0) is 22.0. The second kappa shape index (κ2) is 9.04. The summed E-state index contributed by atoms with van der Waals surface area (Å²) in [5.41, 5.74) is 11.2. The highest BCUT2D eigenvalue weighted by Gasteiger charge is 2.21. The number of hydrogen-bond donors (Lipinski definition) is 2. The van der Waals surface area contributed by atoms with Gasteiger partial charge in [-0.05, 0) is 80.5 Å². The van der Waals surface area contributed by atoms with Crippen molar-refractivity contribution < 1.29 is 14.6 Å². The van der Waals surface area contributed by atoms with Crippen LogP contribution in [0.3, 0.4) is 0 Å². The summed E-state index contributed by atoms with van der Waals surface area (Å²) in [5.74, 6) is -0.545. The number of aryl methyl sites for hydroxylation is 1. The topological polar surface area (TPSA) is 77.5 Å². The Bertz CT molecular complexity index is 1080. The molecule has 5 heteroatoms. The van der Waals surface area contributed by atoms with E-state index in [1.165, 1.54) is 30.2 Å². The molecule has 0 aliphatic heterocycles. The standard InChI is InChI=1S/C26H32N2O3/c1-3-28-12-11-20-16-19(9-10-24(20)28)22-14-18(13-17(2)26(29)30)15-23(27)25(22)31-21-7-5-4-6-8-21/h9-12,14-17,21H,3-8,13,27H2,1-2H3,(H,29,30). The number of fused-ring (bicyclic) bond motifs is 1. The Balaban J connectivity index is 1.77. The molecule has 0 radical (unpaired) electrons. The van der Waals surface area contributed by atoms with Crippen molar-refractivity contribution in [2.24, 2.45) is 5.92 Å². The smallest absolute Gasteiger partial charge is 0.306 e. The molecule has 1 fully saturated rings. The van der Waals surface area contributed by atoms with Gasteiger partial charge >= 0.3 is 5.97 Å². The molecule has 164 valence electrons. The molecule has 1 unspecified atom stereocenters. The summed E-state index contributed by atoms with van der Waals surface area (Å²) in [6.45, 7) is 4.79. The predicted octanol–water partition coefficient (Wildman–Crippen LogP) is 5.89. The van der Waals surface area contributed by atoms with Crippen LogP contribution in [-0.4, -0.2) is 21.7 Å². The van der Waals surface area contributed by atoms with Crippen molar-refractivity contribution in [1.82, 2.24) is 4.57 Å². The first kappa shape index (κ1) is 21.3. The first-order valence-electron chi connectivity index (χ1n) is 11.4. The second-order valence-electron chi connectivity index (χ2n) is 8.76. The molecule has 1 aromatic heterocycles. The van der Waals surface area contributed by atoms with Gasteiger partial charge < -0.3 is 20.1 Å². The van der Waals surface area contributed by atoms with Crippen molar-refractivity contribution in [2.45, 2.75) is 65.0 Å². The van der Waals surface area contributed by atoms with Gasteiger partial charge in [-0.2, -0.15) is 0 Å². The van der Waals surface area contributed by atoms with Gasteiger partial charge in [-0.25, -0.2) is 0 Å². The minimum atomic E-state index is -0.801. The van der Waals surface area contributed by atoms with Gasteiger partial charge in [-0.15, -0.1) is 0 Å². The van der Waals surface area contributed by atoms with Gasteiger partial charge in [0.15, 0.2) is 0 Å². The van der Waals surface area contributed by atoms with Crippen molar-refractivity contribution in [3.63, 3.8) is 0 Å². The van der Waals surface area contributed by atoms with Gasteiger partial charge in [0.1, 0.15) is 5.75 Å². The van der Waals surface area contributed by atoms with E-state index in [1.807, 2.05) is 6.07 Å². The molecule has 1 aliphatic carbocycles. The van der Waals surface area contributed by atoms with Gasteiger partial charge in [0.2, 0.25) is 0 Å². The number of nitrogen functional groups attached to an aromatic ring is 1. The summed E-state index contributed by atoms with van der Waals surface area (Å²) in [7, 11) is 0. The fourth-order valence-corrected chi connectivity index (χ4v) is 4.61. The first-order valence-corrected chi connectivity index (χ1v) is 11.4. The summed E-state index contributed by atoms with van der Waals surface area (Å²) in [4.78, 5) is 11.4. The van der Waals surface area contributed by atoms with Gasteiger partial charge in [-0.3, -0.25) is 4.79 Å². The van der Waals surface area contributed by atoms with Crippen LogP contribution in [0.4, 0.5) is 5.69 Å². The number of benzene rings is 2. The number of carboxylic acid groups (broad SMARTS) is 1. The average molecular weight is 421 g/mol. The van der Waals surface area contributed by atoms with Gasteiger partial charge in [0.25, 0.3) is 0 Å². The highest BCUT2D eigenvalue weighted by atomic mass is 16.5. The Hall–Kier alpha value is -2.95. The van der Waals surface area contributed by atoms with E-state index in [1.54, 1.807) is 6.92 Å². The molecule has 0 bridgehead atoms. The van der Waals surface area contributed by atoms with Crippen molar-refractivity contribution in [1.29, 1.82) is 0 Å². The fraction of sp³-hybridized carbons (Fsp3) is 0.423. The Morgan fingerprint density at radius 3 is 2.68 bits per heavy atom. The Labute approximate surface area is 183 Å². The third-order valence-corrected chi connectivity index (χ3v) is 6.40. The maximum Gasteiger partial charge on any atom is 0.306 e. The average Bonchev–Trinajstić information content (AvgIpc) is 3.18. The van der Waals surface area contributed by atoms with Gasteiger partial charge in [0.05, 0.1) is 17.7 Å². The predicted molar refractivity (Wildman–Crippen MR) is 125 cm³/mol. The third kappa shape index (κ3) is 4.55. The summed E-state index contributed by atoms with van der Waals surface area (Å²) in [6, 6.07) is 12.5. The highest BCUT2D eigenvalue weighted by Crippen LogP contribution is 2.40. The number of rotatable bonds is 7. The SMILES string of the molecule is CCn1ccc2cc(-c3cc(CC(C)C(=O)O)cc(N)c3OC3CCCCC3)ccc21. The number of hydrogen-bond acceptors (Lipinski definition) is 3. The van der Waals surface area contributed by atoms with Crippen LogP contribution in [-0.2, 0) is 17.8 Å². The summed E-state index contributed by atoms with van der Waals surface area (Å²) < 4.78 is 8.69. The van der Waals surface area contributed by atoms with Crippen molar-refractivity contribution in [3.05, 3.63) is 48.2 Å². The maximum absolute atomic E-state index is 11.4. The summed E-state index contributed by atoms with van der Waals surface area (Å²) in [5, 5.41) is 10.5. The van der Waals surface area contributed by atoms with Crippen LogP contribution >= 0.6 is 0 Å². The fourth-order valence-electron chi connectivity index (χ4n) is 4.61. The van der Waals surface area contributed by atoms with Crippen molar-refractivity contribution in [3.8, 4) is 16.9 Å². The minimum absolute atomic E-state index is 0.184. The van der Waals surface area contributed by atoms with Gasteiger partial charge in [0, 0.05) is 29.2 Å². The Morgan fingerprint density at radius 2 is 1.97 bits per heavy atom. The molecular weight excluding hydrogens is 388 g/mol. The molecule has 1 saturated carbocycles. The van der Waals surface area contributed by atoms with E-state index < -0.39 is 11.9 Å². The lowest BCUT2D eigenvalue weighted by molar-refractivity contribution is -0.141. The lowest BCUT2D eigenvalue weighted by atomic mass is 9.94. The molecule has 2 aromatic carbocycles. The highest BCUT2D eigenvalue weighted by molar-refractivity contribution is 5.88. The molecular formula is C26H32N2O3. The molecule has 3 N–H and O–H groups in total. The molecule has 5 nitrogen and oxygen atoms in total. The Morgan fingerprint density at radius 1 is 1.19 bits per heavy atom. The van der Waals surface area contributed by atoms with Crippen LogP contribution in [0.15, 0.2) is 42.6 Å². The lowest BCUT2D eigenvalue weighted by Gasteiger charge is -2.26. The maximum atomic E-state index is 11.4. The lowest BCUT2D eigenvalue weighted by Crippen LogP contribution is -2.21. The van der Waals surface area contributed by atoms with Crippen LogP contribution in [0, 0.1) is 5.92 Å². The van der Waals surface area contributed by atoms with Crippen LogP contribution in [0.5, 0.6) is 5.75 Å². The van der Waals surface area contributed by atoms with Crippen LogP contribution in [0.25, 0.3) is 22.0 Å². The molecule has 3 aromatic rings. The zero-order valence-electron chi connectivity index (χ0n) is 18.4. The molecule has 31 heavy (non-hydrogen) atoms. The third-order valence-electron chi connectivity index (χ3n) is 6.40. The molecule has 0 amide bonds. The van der Waals surface area contributed by atoms with E-state index in [-0.39, 0.29) is 6.10 Å². The van der Waals surface area contributed by atoms with E-state index in [0.717, 1.165) is 41.8 Å². The number of ether oxygens (including phenoxy) is 1. The van der Waals surface area contributed by atoms with Crippen molar-refractivity contribution in [2.75, 3.05) is 5.73 Å². The molecule has 4 rings (SSSR count). The van der Waals surface area contributed by atoms with Crippen molar-refractivity contribution >= 4 is 22.6 Å². The molecule has 1 heterocycles. The Kier molecular flexibility index (Phi) is 6.21. The number of carboxylic acids is 1. The number of nitrogens with two attached hydrogens (primary N) is 1. The van der Waals surface area contributed by atoms with E-state index in [0.29, 0.717) is 12.1 Å². The zero-order valence-corrected chi connectivity index (χ0v) is 18.4. The summed E-state index contributed by atoms with van der Waals surface area (Å²) in [6.07, 6.45) is 8.46. The first-order chi connectivity index (χ1) is 15.0. The quantitative estimate of drug-likeness (QED) is 0.468. The van der Waals surface area contributed by atoms with E-state index in [9.17, 15) is 9.90 Å². The van der Waals surface area contributed by atoms with E-state index in [2.05, 4.69) is 48.0 Å². The van der Waals surface area contributed by atoms with Crippen LogP contribution in [0.1, 0.15) is 51.5 Å².